The summed E-state index contributed by atoms with van der Waals surface area (Å²) in [6.45, 7) is 6.25. The number of carboxylic acids is 3. The zero-order valence-corrected chi connectivity index (χ0v) is 30.5. The van der Waals surface area contributed by atoms with Gasteiger partial charge in [-0.3, -0.25) is 9.35 Å². The van der Waals surface area contributed by atoms with Gasteiger partial charge in [-0.15, -0.1) is 0 Å². The number of aromatic hydroxyl groups is 1. The molecule has 1 aliphatic rings. The first kappa shape index (κ1) is 49.1. The molecule has 0 aliphatic carbocycles. The average molecular weight is 659 g/mol. The molecule has 1 aliphatic heterocycles. The summed E-state index contributed by atoms with van der Waals surface area (Å²) in [5.74, 6) is -4.55. The zero-order valence-electron chi connectivity index (χ0n) is 25.7. The number of rotatable bonds is 13. The molecular formula is C29H40Na2O12S. The van der Waals surface area contributed by atoms with E-state index in [1.165, 1.54) is 62.6 Å². The third kappa shape index (κ3) is 31.6. The fourth-order valence-electron chi connectivity index (χ4n) is 2.99. The molecule has 3 rings (SSSR count). The molecule has 0 amide bonds. The molecule has 0 spiro atoms. The number of phenols is 1. The molecule has 2 aromatic rings. The van der Waals surface area contributed by atoms with Crippen LogP contribution in [0.5, 0.6) is 5.75 Å². The van der Waals surface area contributed by atoms with E-state index in [1.54, 1.807) is 30.3 Å². The maximum atomic E-state index is 10.2. The predicted octanol–water partition coefficient (Wildman–Crippen LogP) is -3.96. The average Bonchev–Trinajstić information content (AvgIpc) is 3.84. The number of hydrogen-bond acceptors (Lipinski definition) is 10. The van der Waals surface area contributed by atoms with Crippen LogP contribution in [-0.4, -0.2) is 66.3 Å². The van der Waals surface area contributed by atoms with Crippen molar-refractivity contribution in [3.63, 3.8) is 0 Å². The fraction of sp³-hybridized carbons (Fsp3) is 0.448. The van der Waals surface area contributed by atoms with Gasteiger partial charge in [-0.05, 0) is 36.1 Å². The van der Waals surface area contributed by atoms with E-state index >= 15 is 0 Å². The van der Waals surface area contributed by atoms with E-state index in [2.05, 4.69) is 11.7 Å². The number of carbonyl (C=O) groups excluding carboxylic acids is 3. The number of aliphatic carboxylic acids is 2. The van der Waals surface area contributed by atoms with E-state index in [0.717, 1.165) is 19.6 Å². The number of carboxylic acid groups (broad SMARTS) is 3. The number of benzene rings is 2. The van der Waals surface area contributed by atoms with Crippen molar-refractivity contribution in [2.75, 3.05) is 13.2 Å². The molecule has 236 valence electrons. The monoisotopic (exact) mass is 658 g/mol. The minimum atomic E-state index is -4.90. The van der Waals surface area contributed by atoms with Gasteiger partial charge in [0.1, 0.15) is 17.8 Å². The minimum absolute atomic E-state index is 0. The zero-order chi connectivity index (χ0) is 32.4. The van der Waals surface area contributed by atoms with Gasteiger partial charge in [0, 0.05) is 0 Å². The number of aryl methyl sites for hydroxylation is 1. The van der Waals surface area contributed by atoms with Crippen molar-refractivity contribution in [3.05, 3.63) is 65.7 Å². The SMILES string of the molecule is C1CO1.C=O.CCCCCCCCCc1ccc(O)cc1.O=C(O)CC(C(=O)[O-])S(=O)(=O)O.O=C([O-])c1ccccc1.[Na+].[Na+]. The van der Waals surface area contributed by atoms with Crippen LogP contribution in [0.1, 0.15) is 74.2 Å². The third-order valence-electron chi connectivity index (χ3n) is 5.20. The van der Waals surface area contributed by atoms with Gasteiger partial charge in [0.15, 0.2) is 0 Å². The van der Waals surface area contributed by atoms with E-state index in [4.69, 9.17) is 19.6 Å². The molecule has 1 atom stereocenters. The minimum Gasteiger partial charge on any atom is -0.549 e. The van der Waals surface area contributed by atoms with E-state index in [1.807, 2.05) is 18.9 Å². The second-order valence-electron chi connectivity index (χ2n) is 8.72. The van der Waals surface area contributed by atoms with E-state index < -0.39 is 39.7 Å². The van der Waals surface area contributed by atoms with E-state index in [0.29, 0.717) is 5.75 Å². The fourth-order valence-corrected chi connectivity index (χ4v) is 3.59. The van der Waals surface area contributed by atoms with Gasteiger partial charge in [0.05, 0.1) is 31.6 Å². The Hall–Kier alpha value is -1.81. The molecule has 1 fully saturated rings. The van der Waals surface area contributed by atoms with Crippen LogP contribution in [0.25, 0.3) is 0 Å². The first-order valence-electron chi connectivity index (χ1n) is 13.2. The van der Waals surface area contributed by atoms with Crippen LogP contribution in [0.3, 0.4) is 0 Å². The number of hydrogen-bond donors (Lipinski definition) is 3. The molecule has 1 saturated heterocycles. The first-order valence-corrected chi connectivity index (χ1v) is 14.7. The van der Waals surface area contributed by atoms with Crippen LogP contribution in [0.2, 0.25) is 0 Å². The number of phenolic OH excluding ortho intramolecular Hbond substituents is 1. The van der Waals surface area contributed by atoms with Crippen molar-refractivity contribution < 1.29 is 116 Å². The summed E-state index contributed by atoms with van der Waals surface area (Å²) >= 11 is 0. The van der Waals surface area contributed by atoms with Gasteiger partial charge in [-0.25, -0.2) is 0 Å². The van der Waals surface area contributed by atoms with Crippen LogP contribution >= 0.6 is 0 Å². The molecule has 1 heterocycles. The van der Waals surface area contributed by atoms with Gasteiger partial charge in [-0.1, -0.05) is 87.9 Å². The molecule has 0 radical (unpaired) electrons. The molecule has 0 saturated carbocycles. The molecule has 2 aromatic carbocycles. The predicted molar refractivity (Wildman–Crippen MR) is 151 cm³/mol. The molecule has 44 heavy (non-hydrogen) atoms. The molecule has 3 N–H and O–H groups in total. The van der Waals surface area contributed by atoms with E-state index in [-0.39, 0.29) is 64.7 Å². The van der Waals surface area contributed by atoms with Gasteiger partial charge in [0.2, 0.25) is 0 Å². The summed E-state index contributed by atoms with van der Waals surface area (Å²) in [6.07, 6.45) is 9.42. The normalized spacial score (nSPS) is 11.1. The van der Waals surface area contributed by atoms with Crippen molar-refractivity contribution in [2.45, 2.75) is 70.0 Å². The van der Waals surface area contributed by atoms with Crippen LogP contribution in [0, 0.1) is 0 Å². The molecule has 15 heteroatoms. The van der Waals surface area contributed by atoms with Crippen molar-refractivity contribution in [1.82, 2.24) is 0 Å². The number of carbonyl (C=O) groups is 4. The summed E-state index contributed by atoms with van der Waals surface area (Å²) in [5.41, 5.74) is 1.56. The molecule has 12 nitrogen and oxygen atoms in total. The van der Waals surface area contributed by atoms with Gasteiger partial charge in [0.25, 0.3) is 10.1 Å². The number of unbranched alkanes of at least 4 members (excludes halogenated alkanes) is 6. The molecular weight excluding hydrogens is 618 g/mol. The third-order valence-corrected chi connectivity index (χ3v) is 6.28. The van der Waals surface area contributed by atoms with Crippen molar-refractivity contribution in [1.29, 1.82) is 0 Å². The summed E-state index contributed by atoms with van der Waals surface area (Å²) < 4.78 is 33.0. The van der Waals surface area contributed by atoms with Crippen LogP contribution < -0.4 is 69.3 Å². The second kappa shape index (κ2) is 31.2. The van der Waals surface area contributed by atoms with Crippen LogP contribution in [0.15, 0.2) is 54.6 Å². The molecule has 1 unspecified atom stereocenters. The number of aromatic carboxylic acids is 1. The first-order chi connectivity index (χ1) is 19.9. The second-order valence-corrected chi connectivity index (χ2v) is 10.3. The Morgan fingerprint density at radius 1 is 0.864 bits per heavy atom. The summed E-state index contributed by atoms with van der Waals surface area (Å²) in [5, 5.41) is 34.8. The van der Waals surface area contributed by atoms with Crippen molar-refractivity contribution >= 4 is 34.8 Å². The largest absolute Gasteiger partial charge is 1.00 e. The Labute approximate surface area is 303 Å². The van der Waals surface area contributed by atoms with Crippen molar-refractivity contribution in [2.24, 2.45) is 0 Å². The topological polar surface area (TPSA) is 222 Å². The van der Waals surface area contributed by atoms with E-state index in [9.17, 15) is 33.0 Å². The summed E-state index contributed by atoms with van der Waals surface area (Å²) in [7, 11) is -4.90. The summed E-state index contributed by atoms with van der Waals surface area (Å²) in [4.78, 5) is 38.0. The van der Waals surface area contributed by atoms with Gasteiger partial charge < -0.3 is 39.5 Å². The number of ether oxygens (including phenoxy) is 1. The quantitative estimate of drug-likeness (QED) is 0.0812. The van der Waals surface area contributed by atoms with Crippen LogP contribution in [-0.2, 0) is 35.7 Å². The van der Waals surface area contributed by atoms with Gasteiger partial charge in [-0.2, -0.15) is 8.42 Å². The molecule has 0 bridgehead atoms. The maximum absolute atomic E-state index is 10.2. The number of epoxide rings is 1. The Morgan fingerprint density at radius 3 is 1.64 bits per heavy atom. The maximum Gasteiger partial charge on any atom is 1.00 e. The Balaban J connectivity index is -0.000000254. The summed E-state index contributed by atoms with van der Waals surface area (Å²) in [6, 6.07) is 15.7. The molecule has 0 aromatic heterocycles. The van der Waals surface area contributed by atoms with Crippen LogP contribution in [0.4, 0.5) is 0 Å². The Kier molecular flexibility index (Phi) is 34.8. The van der Waals surface area contributed by atoms with Gasteiger partial charge >= 0.3 is 65.1 Å². The Bertz CT molecular complexity index is 1110. The van der Waals surface area contributed by atoms with Crippen molar-refractivity contribution in [3.8, 4) is 5.75 Å². The smallest absolute Gasteiger partial charge is 0.549 e. The Morgan fingerprint density at radius 2 is 1.32 bits per heavy atom. The standard InChI is InChI=1S/C15H24O.C7H6O2.C4H6O7S.C2H4O.CH2O.2Na/c1-2-3-4-5-6-7-8-9-14-10-12-15(16)13-11-14;8-7(9)6-4-2-1-3-5-6;5-3(6)1-2(4(7)8)12(9,10)11;1-2-3-1;1-2;;/h10-13,16H,2-9H2,1H3;1-5H,(H,8,9);2H,1H2,(H,5,6)(H,7,8)(H,9,10,11);1-2H2;1H2;;/q;;;;;2*+1/p-2.